The van der Waals surface area contributed by atoms with Crippen molar-refractivity contribution >= 4 is 45.9 Å². The molecule has 4 N–H and O–H groups in total. The highest BCUT2D eigenvalue weighted by Crippen LogP contribution is 2.50. The second kappa shape index (κ2) is 10.4. The number of nitrogens with zero attached hydrogens (tertiary/aromatic N) is 2. The van der Waals surface area contributed by atoms with Crippen LogP contribution in [-0.2, 0) is 15.8 Å². The van der Waals surface area contributed by atoms with Gasteiger partial charge in [-0.1, -0.05) is 23.2 Å². The van der Waals surface area contributed by atoms with E-state index >= 15 is 0 Å². The minimum atomic E-state index is -1.60. The van der Waals surface area contributed by atoms with Crippen molar-refractivity contribution in [2.24, 2.45) is 11.7 Å². The van der Waals surface area contributed by atoms with Crippen molar-refractivity contribution in [1.29, 1.82) is 0 Å². The highest BCUT2D eigenvalue weighted by Gasteiger charge is 2.50. The van der Waals surface area contributed by atoms with Crippen molar-refractivity contribution in [3.8, 4) is 17.0 Å². The lowest BCUT2D eigenvalue weighted by Gasteiger charge is -2.30. The predicted octanol–water partition coefficient (Wildman–Crippen LogP) is 5.52. The molecule has 2 aromatic carbocycles. The summed E-state index contributed by atoms with van der Waals surface area (Å²) < 4.78 is 20.4. The van der Waals surface area contributed by atoms with E-state index in [4.69, 9.17) is 38.7 Å². The molecule has 0 radical (unpaired) electrons. The van der Waals surface area contributed by atoms with Gasteiger partial charge in [-0.2, -0.15) is 0 Å². The van der Waals surface area contributed by atoms with Crippen molar-refractivity contribution in [2.75, 3.05) is 13.2 Å². The minimum absolute atomic E-state index is 0.0284. The molecule has 2 aromatic heterocycles. The average Bonchev–Trinajstić information content (AvgIpc) is 3.77. The van der Waals surface area contributed by atoms with E-state index in [1.54, 1.807) is 44.3 Å². The monoisotopic (exact) mass is 622 g/mol. The number of aryl methyl sites for hydroxylation is 2. The molecule has 0 saturated heterocycles. The van der Waals surface area contributed by atoms with Gasteiger partial charge in [0.2, 0.25) is 5.91 Å². The Kier molecular flexibility index (Phi) is 7.11. The number of benzene rings is 2. The number of carbonyl (C=O) groups is 2. The molecule has 2 atom stereocenters. The van der Waals surface area contributed by atoms with Crippen molar-refractivity contribution < 1.29 is 23.8 Å². The highest BCUT2D eigenvalue weighted by atomic mass is 35.5. The summed E-state index contributed by atoms with van der Waals surface area (Å²) in [4.78, 5) is 35.2. The molecule has 0 unspecified atom stereocenters. The quantitative estimate of drug-likeness (QED) is 0.249. The molecule has 1 aliphatic carbocycles. The van der Waals surface area contributed by atoms with Crippen LogP contribution in [0.25, 0.3) is 22.2 Å². The van der Waals surface area contributed by atoms with Crippen molar-refractivity contribution in [3.05, 3.63) is 86.4 Å². The van der Waals surface area contributed by atoms with Gasteiger partial charge >= 0.3 is 0 Å². The molecule has 8 nitrogen and oxygen atoms in total. The van der Waals surface area contributed by atoms with Gasteiger partial charge in [-0.3, -0.25) is 14.6 Å². The van der Waals surface area contributed by atoms with Crippen LogP contribution in [0.15, 0.2) is 42.6 Å². The third kappa shape index (κ3) is 4.99. The summed E-state index contributed by atoms with van der Waals surface area (Å²) in [5.74, 6) is -1.50. The molecule has 0 spiro atoms. The van der Waals surface area contributed by atoms with Crippen LogP contribution < -0.4 is 15.8 Å². The molecule has 2 amide bonds. The van der Waals surface area contributed by atoms with Gasteiger partial charge in [-0.15, -0.1) is 0 Å². The average molecular weight is 624 g/mol. The van der Waals surface area contributed by atoms with E-state index in [0.29, 0.717) is 51.4 Å². The summed E-state index contributed by atoms with van der Waals surface area (Å²) in [7, 11) is 0. The van der Waals surface area contributed by atoms with Crippen molar-refractivity contribution in [1.82, 2.24) is 15.3 Å². The normalized spacial score (nSPS) is 19.0. The first-order chi connectivity index (χ1) is 20.3. The molecule has 222 valence electrons. The Bertz CT molecular complexity index is 1820. The summed E-state index contributed by atoms with van der Waals surface area (Å²) in [5.41, 5.74) is 6.56. The number of aliphatic hydroxyl groups is 1. The Labute approximate surface area is 257 Å². The first kappa shape index (κ1) is 29.3. The number of nitrogens with one attached hydrogen (secondary N) is 1. The molecule has 6 rings (SSSR count). The molecule has 2 aliphatic rings. The zero-order valence-corrected chi connectivity index (χ0v) is 25.2. The van der Waals surface area contributed by atoms with Gasteiger partial charge < -0.3 is 20.9 Å². The van der Waals surface area contributed by atoms with Gasteiger partial charge in [0.1, 0.15) is 34.9 Å². The van der Waals surface area contributed by atoms with Crippen LogP contribution in [-0.4, -0.2) is 40.0 Å². The standard InChI is InChI=1S/C32H29Cl2FN4O4/c1-15-6-17-8-19(10-23(34)26(17)37-12-15)29(40)38-13-32(42,20-4-5-20)24-11-21-28(43-14-31(21,3)30(36)41)27(39-24)18-7-16(2)25(35)22(33)9-18/h6-12,20,42H,4-5,13-14H2,1-3H3,(H2,36,41)(H,38,40)/t31-,32+/m0/s1. The van der Waals surface area contributed by atoms with Crippen LogP contribution in [0.1, 0.15) is 52.5 Å². The molecule has 0 bridgehead atoms. The SMILES string of the molecule is Cc1cnc2c(Cl)cc(C(=O)NC[C@](O)(c3cc4c(c(-c5cc(C)c(F)c(Cl)c5)n3)OC[C@]4(C)C(N)=O)C3CC3)cc2c1. The van der Waals surface area contributed by atoms with E-state index in [-0.39, 0.29) is 35.5 Å². The number of nitrogens with two attached hydrogens (primary N) is 1. The molecule has 43 heavy (non-hydrogen) atoms. The van der Waals surface area contributed by atoms with Gasteiger partial charge in [-0.25, -0.2) is 9.37 Å². The fourth-order valence-electron chi connectivity index (χ4n) is 5.64. The number of rotatable bonds is 7. The molecular weight excluding hydrogens is 594 g/mol. The summed E-state index contributed by atoms with van der Waals surface area (Å²) in [6, 6.07) is 9.77. The number of primary amides is 1. The van der Waals surface area contributed by atoms with E-state index in [0.717, 1.165) is 10.9 Å². The summed E-state index contributed by atoms with van der Waals surface area (Å²) in [6.07, 6.45) is 3.12. The van der Waals surface area contributed by atoms with Crippen molar-refractivity contribution in [3.63, 3.8) is 0 Å². The van der Waals surface area contributed by atoms with E-state index < -0.39 is 28.6 Å². The molecule has 1 fully saturated rings. The largest absolute Gasteiger partial charge is 0.489 e. The predicted molar refractivity (Wildman–Crippen MR) is 162 cm³/mol. The second-order valence-corrected chi connectivity index (χ2v) is 12.5. The number of amides is 2. The fourth-order valence-corrected chi connectivity index (χ4v) is 6.18. The third-order valence-electron chi connectivity index (χ3n) is 8.45. The maximum Gasteiger partial charge on any atom is 0.251 e. The second-order valence-electron chi connectivity index (χ2n) is 11.7. The number of ether oxygens (including phenoxy) is 1. The molecule has 3 heterocycles. The third-order valence-corrected chi connectivity index (χ3v) is 9.01. The molecular formula is C32H29Cl2FN4O4. The molecule has 4 aromatic rings. The van der Waals surface area contributed by atoms with Crippen LogP contribution in [0.4, 0.5) is 4.39 Å². The van der Waals surface area contributed by atoms with Crippen molar-refractivity contribution in [2.45, 2.75) is 44.6 Å². The fraction of sp³-hybridized carbons (Fsp3) is 0.312. The summed E-state index contributed by atoms with van der Waals surface area (Å²) in [6.45, 7) is 4.95. The lowest BCUT2D eigenvalue weighted by molar-refractivity contribution is -0.123. The van der Waals surface area contributed by atoms with Gasteiger partial charge in [-0.05, 0) is 87.1 Å². The Hall–Kier alpha value is -3.79. The van der Waals surface area contributed by atoms with Gasteiger partial charge in [0.25, 0.3) is 5.91 Å². The van der Waals surface area contributed by atoms with E-state index in [2.05, 4.69) is 10.3 Å². The smallest absolute Gasteiger partial charge is 0.251 e. The maximum absolute atomic E-state index is 14.4. The number of hydrogen-bond acceptors (Lipinski definition) is 6. The van der Waals surface area contributed by atoms with E-state index in [1.165, 1.54) is 6.07 Å². The number of fused-ring (bicyclic) bond motifs is 2. The van der Waals surface area contributed by atoms with Crippen LogP contribution in [0.3, 0.4) is 0 Å². The Balaban J connectivity index is 1.42. The number of carbonyl (C=O) groups excluding carboxylic acids is 2. The number of pyridine rings is 2. The zero-order valence-electron chi connectivity index (χ0n) is 23.7. The lowest BCUT2D eigenvalue weighted by atomic mass is 9.81. The number of halogens is 3. The molecule has 11 heteroatoms. The number of aromatic nitrogens is 2. The summed E-state index contributed by atoms with van der Waals surface area (Å²) in [5, 5.41) is 16.0. The first-order valence-electron chi connectivity index (χ1n) is 13.8. The highest BCUT2D eigenvalue weighted by molar-refractivity contribution is 6.35. The molecule has 1 saturated carbocycles. The Morgan fingerprint density at radius 2 is 1.91 bits per heavy atom. The first-order valence-corrected chi connectivity index (χ1v) is 14.6. The van der Waals surface area contributed by atoms with Crippen LogP contribution in [0.5, 0.6) is 5.75 Å². The van der Waals surface area contributed by atoms with E-state index in [1.807, 2.05) is 13.0 Å². The molecule has 1 aliphatic heterocycles. The summed E-state index contributed by atoms with van der Waals surface area (Å²) >= 11 is 12.6. The van der Waals surface area contributed by atoms with Crippen LogP contribution in [0, 0.1) is 25.6 Å². The topological polar surface area (TPSA) is 127 Å². The number of hydrogen-bond donors (Lipinski definition) is 3. The maximum atomic E-state index is 14.4. The van der Waals surface area contributed by atoms with Crippen LogP contribution >= 0.6 is 23.2 Å². The van der Waals surface area contributed by atoms with Gasteiger partial charge in [0.15, 0.2) is 0 Å². The lowest BCUT2D eigenvalue weighted by Crippen LogP contribution is -2.44. The minimum Gasteiger partial charge on any atom is -0.489 e. The Morgan fingerprint density at radius 1 is 1.16 bits per heavy atom. The zero-order chi connectivity index (χ0) is 30.8. The van der Waals surface area contributed by atoms with Gasteiger partial charge in [0.05, 0.1) is 27.8 Å². The Morgan fingerprint density at radius 3 is 2.58 bits per heavy atom. The van der Waals surface area contributed by atoms with Crippen LogP contribution in [0.2, 0.25) is 10.0 Å². The van der Waals surface area contributed by atoms with Gasteiger partial charge in [0, 0.05) is 28.3 Å². The van der Waals surface area contributed by atoms with E-state index in [9.17, 15) is 19.1 Å².